The van der Waals surface area contributed by atoms with Gasteiger partial charge in [-0.2, -0.15) is 13.3 Å². The van der Waals surface area contributed by atoms with Gasteiger partial charge in [0.25, 0.3) is 0 Å². The molecule has 0 radical (unpaired) electrons. The average Bonchev–Trinajstić information content (AvgIpc) is 1.71. The van der Waals surface area contributed by atoms with Crippen LogP contribution in [0.1, 0.15) is 13.3 Å². The molecule has 0 saturated heterocycles. The van der Waals surface area contributed by atoms with Gasteiger partial charge in [-0.15, -0.1) is 0 Å². The van der Waals surface area contributed by atoms with E-state index in [9.17, 15) is 0 Å². The van der Waals surface area contributed by atoms with Gasteiger partial charge in [0, 0.05) is 13.7 Å². The summed E-state index contributed by atoms with van der Waals surface area (Å²) in [5, 5.41) is 0. The predicted molar refractivity (Wildman–Crippen MR) is 33.2 cm³/mol. The first kappa shape index (κ1) is 16.2. The van der Waals surface area contributed by atoms with Gasteiger partial charge in [-0.1, -0.05) is 0 Å². The third-order valence-corrected chi connectivity index (χ3v) is 0.348. The van der Waals surface area contributed by atoms with Crippen LogP contribution in [0.4, 0.5) is 0 Å². The Balaban J connectivity index is -0.0000000800. The second-order valence-electron chi connectivity index (χ2n) is 1.05. The molecule has 0 amide bonds. The summed E-state index contributed by atoms with van der Waals surface area (Å²) in [7, 11) is 1.67. The van der Waals surface area contributed by atoms with Crippen molar-refractivity contribution in [3.8, 4) is 0 Å². The van der Waals surface area contributed by atoms with Gasteiger partial charge in [-0.3, -0.25) is 6.29 Å². The van der Waals surface area contributed by atoms with Crippen LogP contribution < -0.4 is 0 Å². The molecule has 0 aliphatic heterocycles. The molecule has 0 saturated carbocycles. The molecule has 54 valence electrons. The Kier molecular flexibility index (Phi) is 42.9. The van der Waals surface area contributed by atoms with Gasteiger partial charge in [0.15, 0.2) is 0 Å². The number of hydrogen-bond acceptors (Lipinski definition) is 2. The van der Waals surface area contributed by atoms with Gasteiger partial charge >= 0.3 is 21.1 Å². The third kappa shape index (κ3) is 61.8. The van der Waals surface area contributed by atoms with Crippen molar-refractivity contribution in [2.45, 2.75) is 13.3 Å². The summed E-state index contributed by atoms with van der Waals surface area (Å²) >= 11 is 0. The molecule has 9 heavy (non-hydrogen) atoms. The molecular weight excluding hydrogens is 288 g/mol. The van der Waals surface area contributed by atoms with Crippen LogP contribution in [0.25, 0.3) is 0 Å². The quantitative estimate of drug-likeness (QED) is 0.710. The Morgan fingerprint density at radius 3 is 2.00 bits per heavy atom. The topological polar surface area (TPSA) is 26.3 Å². The monoisotopic (exact) mass is 300 g/mol. The zero-order valence-electron chi connectivity index (χ0n) is 5.85. The number of hydrogen-bond donors (Lipinski definition) is 0. The fourth-order valence-corrected chi connectivity index (χ4v) is 0.144. The first-order chi connectivity index (χ1) is 3.83. The summed E-state index contributed by atoms with van der Waals surface area (Å²) in [6, 6.07) is 0. The molecule has 2 nitrogen and oxygen atoms in total. The summed E-state index contributed by atoms with van der Waals surface area (Å²) in [4.78, 5) is 8.68. The molecule has 0 aromatic carbocycles. The molecule has 0 N–H and O–H groups in total. The van der Waals surface area contributed by atoms with Crippen molar-refractivity contribution in [1.29, 1.82) is 0 Å². The molecule has 0 spiro atoms. The van der Waals surface area contributed by atoms with Crippen molar-refractivity contribution in [2.24, 2.45) is 0 Å². The van der Waals surface area contributed by atoms with Crippen LogP contribution in [0.2, 0.25) is 0 Å². The maximum absolute atomic E-state index is 8.68. The molecule has 0 fully saturated rings. The molecule has 3 heteroatoms. The maximum Gasteiger partial charge on any atom is 2.00 e. The summed E-state index contributed by atoms with van der Waals surface area (Å²) < 4.78 is 4.63. The fraction of sp³-hybridized carbons (Fsp3) is 0.667. The standard InChI is InChI=1S/C4H9O.C2H3O.W/c1-3-4-5-2;1-2-3;/h1,3-4H2,2H3;1H3;/q2*-1;+2. The molecule has 0 aliphatic rings. The maximum atomic E-state index is 8.68. The molecule has 0 rings (SSSR count). The Labute approximate surface area is 71.2 Å². The van der Waals surface area contributed by atoms with Crippen LogP contribution in [-0.2, 0) is 30.6 Å². The fourth-order valence-electron chi connectivity index (χ4n) is 0.144. The number of carbonyl (C=O) groups excluding carboxylic acids is 1. The number of methoxy groups -OCH3 is 1. The van der Waals surface area contributed by atoms with Crippen molar-refractivity contribution < 1.29 is 30.6 Å². The normalized spacial score (nSPS) is 6.11. The Bertz CT molecular complexity index is 38.0. The minimum absolute atomic E-state index is 0. The average molecular weight is 300 g/mol. The van der Waals surface area contributed by atoms with Crippen molar-refractivity contribution in [3.05, 3.63) is 6.92 Å². The van der Waals surface area contributed by atoms with Gasteiger partial charge < -0.3 is 16.5 Å². The predicted octanol–water partition coefficient (Wildman–Crippen LogP) is 0.970. The third-order valence-electron chi connectivity index (χ3n) is 0.348. The first-order valence-electron chi connectivity index (χ1n) is 2.40. The van der Waals surface area contributed by atoms with Crippen LogP contribution in [0, 0.1) is 6.92 Å². The molecule has 0 atom stereocenters. The summed E-state index contributed by atoms with van der Waals surface area (Å²) in [6.07, 6.45) is 2.37. The van der Waals surface area contributed by atoms with Gasteiger partial charge in [0.2, 0.25) is 0 Å². The van der Waals surface area contributed by atoms with Crippen molar-refractivity contribution in [2.75, 3.05) is 13.7 Å². The van der Waals surface area contributed by atoms with E-state index < -0.39 is 0 Å². The van der Waals surface area contributed by atoms with Crippen LogP contribution in [0.5, 0.6) is 0 Å². The number of ether oxygens (including phenoxy) is 1. The summed E-state index contributed by atoms with van der Waals surface area (Å²) in [6.45, 7) is 5.65. The molecule has 0 unspecified atom stereocenters. The van der Waals surface area contributed by atoms with E-state index in [1.54, 1.807) is 7.11 Å². The molecular formula is C6H12O2W. The largest absolute Gasteiger partial charge is 2.00 e. The zero-order chi connectivity index (χ0) is 6.83. The first-order valence-corrected chi connectivity index (χ1v) is 2.40. The second-order valence-corrected chi connectivity index (χ2v) is 1.05. The van der Waals surface area contributed by atoms with E-state index in [-0.39, 0.29) is 21.1 Å². The van der Waals surface area contributed by atoms with Gasteiger partial charge in [0.05, 0.1) is 0 Å². The van der Waals surface area contributed by atoms with E-state index in [4.69, 9.17) is 4.79 Å². The van der Waals surface area contributed by atoms with Crippen LogP contribution in [0.3, 0.4) is 0 Å². The van der Waals surface area contributed by atoms with Crippen LogP contribution in [-0.4, -0.2) is 20.0 Å². The van der Waals surface area contributed by atoms with Gasteiger partial charge in [0.1, 0.15) is 0 Å². The van der Waals surface area contributed by atoms with Crippen LogP contribution in [0.15, 0.2) is 0 Å². The Morgan fingerprint density at radius 2 is 2.00 bits per heavy atom. The summed E-state index contributed by atoms with van der Waals surface area (Å²) in [5.41, 5.74) is 0. The molecule has 0 aromatic heterocycles. The molecule has 0 bridgehead atoms. The van der Waals surface area contributed by atoms with E-state index in [2.05, 4.69) is 11.7 Å². The Morgan fingerprint density at radius 1 is 1.67 bits per heavy atom. The van der Waals surface area contributed by atoms with Crippen LogP contribution >= 0.6 is 0 Å². The minimum atomic E-state index is 0. The second kappa shape index (κ2) is 23.9. The van der Waals surface area contributed by atoms with Gasteiger partial charge in [-0.25, -0.2) is 0 Å². The van der Waals surface area contributed by atoms with E-state index in [0.717, 1.165) is 13.0 Å². The van der Waals surface area contributed by atoms with Crippen molar-refractivity contribution >= 4 is 6.29 Å². The SMILES string of the molecule is C[C-]=O.[CH2-]CCOC.[W+2]. The van der Waals surface area contributed by atoms with Crippen molar-refractivity contribution in [1.82, 2.24) is 0 Å². The smallest absolute Gasteiger partial charge is 0.542 e. The Hall–Kier alpha value is 0.318. The van der Waals surface area contributed by atoms with Crippen molar-refractivity contribution in [3.63, 3.8) is 0 Å². The molecule has 0 heterocycles. The van der Waals surface area contributed by atoms with E-state index in [1.807, 2.05) is 0 Å². The van der Waals surface area contributed by atoms with E-state index >= 15 is 0 Å². The molecule has 0 aromatic rings. The number of rotatable bonds is 2. The van der Waals surface area contributed by atoms with E-state index in [0.29, 0.717) is 0 Å². The van der Waals surface area contributed by atoms with Gasteiger partial charge in [-0.05, 0) is 0 Å². The minimum Gasteiger partial charge on any atom is -0.542 e. The summed E-state index contributed by atoms with van der Waals surface area (Å²) in [5.74, 6) is 0. The zero-order valence-corrected chi connectivity index (χ0v) is 8.78. The molecule has 0 aliphatic carbocycles. The van der Waals surface area contributed by atoms with E-state index in [1.165, 1.54) is 13.2 Å².